The van der Waals surface area contributed by atoms with Crippen molar-refractivity contribution >= 4 is 40.7 Å². The Kier molecular flexibility index (Phi) is 14.1. The number of alkyl halides is 1. The van der Waals surface area contributed by atoms with Crippen molar-refractivity contribution in [2.45, 2.75) is 19.3 Å². The van der Waals surface area contributed by atoms with Gasteiger partial charge in [0.15, 0.2) is 0 Å². The molecule has 0 saturated carbocycles. The number of benzene rings is 3. The molecule has 0 aliphatic carbocycles. The Hall–Kier alpha value is -4.14. The molecule has 0 spiro atoms. The van der Waals surface area contributed by atoms with E-state index in [1.807, 2.05) is 26.2 Å². The van der Waals surface area contributed by atoms with E-state index in [1.165, 1.54) is 27.8 Å². The predicted molar refractivity (Wildman–Crippen MR) is 160 cm³/mol. The lowest BCUT2D eigenvalue weighted by molar-refractivity contribution is -0.152. The lowest BCUT2D eigenvalue weighted by atomic mass is 9.88. The van der Waals surface area contributed by atoms with Gasteiger partial charge in [0, 0.05) is 12.4 Å². The number of carbonyl (C=O) groups is 3. The van der Waals surface area contributed by atoms with Crippen LogP contribution in [0, 0.1) is 5.92 Å². The minimum atomic E-state index is -1.40. The first-order chi connectivity index (χ1) is 19.6. The fourth-order valence-electron chi connectivity index (χ4n) is 4.00. The average molecular weight is 582 g/mol. The highest BCUT2D eigenvalue weighted by atomic mass is 35.5. The second-order valence-electron chi connectivity index (χ2n) is 9.43. The van der Waals surface area contributed by atoms with E-state index in [2.05, 4.69) is 77.7 Å². The van der Waals surface area contributed by atoms with E-state index in [-0.39, 0.29) is 0 Å². The fraction of sp³-hybridized carbons (Fsp3) is 0.281. The van der Waals surface area contributed by atoms with Crippen LogP contribution in [0.4, 0.5) is 0 Å². The third kappa shape index (κ3) is 11.9. The van der Waals surface area contributed by atoms with Crippen molar-refractivity contribution in [3.63, 3.8) is 0 Å². The van der Waals surface area contributed by atoms with Gasteiger partial charge < -0.3 is 25.0 Å². The summed E-state index contributed by atoms with van der Waals surface area (Å²) < 4.78 is 5.87. The first-order valence-corrected chi connectivity index (χ1v) is 13.6. The summed E-state index contributed by atoms with van der Waals surface area (Å²) in [6.45, 7) is 1.57. The molecule has 3 aromatic carbocycles. The number of likely N-dealkylation sites (N-methyl/N-ethyl adjacent to an activating group) is 1. The van der Waals surface area contributed by atoms with Gasteiger partial charge in [-0.25, -0.2) is 0 Å². The van der Waals surface area contributed by atoms with E-state index in [1.54, 1.807) is 0 Å². The Balaban J connectivity index is 0.000000415. The van der Waals surface area contributed by atoms with Gasteiger partial charge >= 0.3 is 17.9 Å². The Morgan fingerprint density at radius 2 is 1.24 bits per heavy atom. The molecule has 41 heavy (non-hydrogen) atoms. The number of ether oxygens (including phenoxy) is 1. The van der Waals surface area contributed by atoms with E-state index < -0.39 is 36.7 Å². The van der Waals surface area contributed by atoms with E-state index in [0.29, 0.717) is 12.5 Å². The molecule has 0 radical (unpaired) electrons. The molecule has 0 amide bonds. The highest BCUT2D eigenvalue weighted by molar-refractivity contribution is 6.18. The quantitative estimate of drug-likeness (QED) is 0.160. The number of carboxylic acid groups (broad SMARTS) is 3. The number of nitrogens with zero attached hydrogens (tertiary/aromatic N) is 1. The van der Waals surface area contributed by atoms with Crippen LogP contribution in [-0.2, 0) is 14.4 Å². The number of allylic oxidation sites excluding steroid dienone is 1. The van der Waals surface area contributed by atoms with Gasteiger partial charge in [0.25, 0.3) is 0 Å². The summed E-state index contributed by atoms with van der Waals surface area (Å²) in [5.74, 6) is -3.92. The van der Waals surface area contributed by atoms with Gasteiger partial charge in [-0.3, -0.25) is 14.4 Å². The van der Waals surface area contributed by atoms with Crippen molar-refractivity contribution in [2.24, 2.45) is 5.92 Å². The molecule has 0 aromatic heterocycles. The van der Waals surface area contributed by atoms with Crippen LogP contribution in [0.2, 0.25) is 0 Å². The molecule has 0 aliphatic heterocycles. The standard InChI is InChI=1S/C26H28ClNO.C6H8O6/c1-28(2)19-20-29-24-15-13-23(14-16-24)26(22-11-7-4-8-12-22)25(17-18-27)21-9-5-3-6-10-21;7-4(8)1-3(6(11)12)2-5(9)10/h3-16H,17-20H2,1-2H3;3H,1-2H2,(H,7,8)(H,9,10)(H,11,12)/b26-25-;. The molecule has 9 heteroatoms. The van der Waals surface area contributed by atoms with Crippen LogP contribution in [0.15, 0.2) is 84.9 Å². The summed E-state index contributed by atoms with van der Waals surface area (Å²) >= 11 is 6.21. The Morgan fingerprint density at radius 1 is 0.756 bits per heavy atom. The maximum absolute atomic E-state index is 10.2. The van der Waals surface area contributed by atoms with E-state index in [0.717, 1.165) is 18.7 Å². The summed E-state index contributed by atoms with van der Waals surface area (Å²) in [7, 11) is 4.09. The number of rotatable bonds is 14. The summed E-state index contributed by atoms with van der Waals surface area (Å²) in [6.07, 6.45) is -0.528. The van der Waals surface area contributed by atoms with Crippen molar-refractivity contribution in [3.8, 4) is 5.75 Å². The Bertz CT molecular complexity index is 1260. The molecular weight excluding hydrogens is 546 g/mol. The fourth-order valence-corrected chi connectivity index (χ4v) is 4.19. The molecule has 0 fully saturated rings. The first-order valence-electron chi connectivity index (χ1n) is 13.1. The highest BCUT2D eigenvalue weighted by Gasteiger charge is 2.23. The Labute approximate surface area is 245 Å². The molecule has 0 bridgehead atoms. The van der Waals surface area contributed by atoms with E-state index in [4.69, 9.17) is 31.7 Å². The molecule has 0 aliphatic rings. The molecule has 3 N–H and O–H groups in total. The zero-order valence-corrected chi connectivity index (χ0v) is 24.0. The molecule has 3 aromatic rings. The topological polar surface area (TPSA) is 124 Å². The third-order valence-corrected chi connectivity index (χ3v) is 6.16. The number of carboxylic acids is 3. The highest BCUT2D eigenvalue weighted by Crippen LogP contribution is 2.35. The molecule has 218 valence electrons. The molecule has 0 atom stereocenters. The molecule has 0 heterocycles. The van der Waals surface area contributed by atoms with Crippen LogP contribution >= 0.6 is 11.6 Å². The maximum Gasteiger partial charge on any atom is 0.307 e. The van der Waals surface area contributed by atoms with Gasteiger partial charge in [-0.05, 0) is 60.5 Å². The number of hydrogen-bond acceptors (Lipinski definition) is 5. The molecule has 0 saturated heterocycles. The monoisotopic (exact) mass is 581 g/mol. The van der Waals surface area contributed by atoms with Crippen molar-refractivity contribution in [1.82, 2.24) is 4.90 Å². The zero-order chi connectivity index (χ0) is 30.2. The van der Waals surface area contributed by atoms with Crippen molar-refractivity contribution in [3.05, 3.63) is 102 Å². The molecule has 0 unspecified atom stereocenters. The lowest BCUT2D eigenvalue weighted by Gasteiger charge is -2.17. The normalized spacial score (nSPS) is 11.3. The molecule has 3 rings (SSSR count). The summed E-state index contributed by atoms with van der Waals surface area (Å²) in [5, 5.41) is 24.7. The van der Waals surface area contributed by atoms with Crippen molar-refractivity contribution < 1.29 is 34.4 Å². The zero-order valence-electron chi connectivity index (χ0n) is 23.2. The number of hydrogen-bond donors (Lipinski definition) is 3. The van der Waals surface area contributed by atoms with E-state index in [9.17, 15) is 14.4 Å². The first kappa shape index (κ1) is 33.1. The number of aliphatic carboxylic acids is 3. The summed E-state index contributed by atoms with van der Waals surface area (Å²) in [6, 6.07) is 29.4. The van der Waals surface area contributed by atoms with Gasteiger partial charge in [0.2, 0.25) is 0 Å². The van der Waals surface area contributed by atoms with Gasteiger partial charge in [-0.2, -0.15) is 0 Å². The average Bonchev–Trinajstić information content (AvgIpc) is 2.94. The maximum atomic E-state index is 10.2. The van der Waals surface area contributed by atoms with Gasteiger partial charge in [-0.15, -0.1) is 11.6 Å². The van der Waals surface area contributed by atoms with Gasteiger partial charge in [0.1, 0.15) is 12.4 Å². The van der Waals surface area contributed by atoms with E-state index >= 15 is 0 Å². The largest absolute Gasteiger partial charge is 0.492 e. The van der Waals surface area contributed by atoms with Crippen LogP contribution < -0.4 is 4.74 Å². The number of halogens is 1. The third-order valence-electron chi connectivity index (χ3n) is 5.97. The van der Waals surface area contributed by atoms with Crippen LogP contribution in [0.3, 0.4) is 0 Å². The van der Waals surface area contributed by atoms with Crippen LogP contribution in [0.5, 0.6) is 5.75 Å². The molecule has 8 nitrogen and oxygen atoms in total. The van der Waals surface area contributed by atoms with Crippen LogP contribution in [-0.4, -0.2) is 71.3 Å². The Morgan fingerprint density at radius 3 is 1.68 bits per heavy atom. The van der Waals surface area contributed by atoms with Crippen LogP contribution in [0.25, 0.3) is 11.1 Å². The SMILES string of the molecule is CN(C)CCOc1ccc(/C(=C(/CCCl)c2ccccc2)c2ccccc2)cc1.O=C(O)CC(CC(=O)O)C(=O)O. The van der Waals surface area contributed by atoms with Crippen LogP contribution in [0.1, 0.15) is 36.0 Å². The second kappa shape index (κ2) is 17.5. The minimum absolute atomic E-state index is 0.576. The molecular formula is C32H36ClNO7. The van der Waals surface area contributed by atoms with Gasteiger partial charge in [0.05, 0.1) is 18.8 Å². The predicted octanol–water partition coefficient (Wildman–Crippen LogP) is 5.85. The lowest BCUT2D eigenvalue weighted by Crippen LogP contribution is -2.20. The van der Waals surface area contributed by atoms with Crippen molar-refractivity contribution in [2.75, 3.05) is 33.1 Å². The second-order valence-corrected chi connectivity index (χ2v) is 9.81. The van der Waals surface area contributed by atoms with Crippen molar-refractivity contribution in [1.29, 1.82) is 0 Å². The minimum Gasteiger partial charge on any atom is -0.492 e. The summed E-state index contributed by atoms with van der Waals surface area (Å²) in [5.41, 5.74) is 6.04. The smallest absolute Gasteiger partial charge is 0.307 e. The summed E-state index contributed by atoms with van der Waals surface area (Å²) in [4.78, 5) is 32.4. The van der Waals surface area contributed by atoms with Gasteiger partial charge in [-0.1, -0.05) is 72.8 Å².